The van der Waals surface area contributed by atoms with Gasteiger partial charge in [-0.15, -0.1) is 0 Å². The Kier molecular flexibility index (Phi) is 5.96. The molecule has 5 heteroatoms. The zero-order valence-electron chi connectivity index (χ0n) is 14.0. The first kappa shape index (κ1) is 17.6. The molecule has 3 aromatic rings. The number of ether oxygens (including phenoxy) is 1. The normalized spacial score (nSPS) is 10.0. The Balaban J connectivity index is 1.58. The molecule has 0 aliphatic carbocycles. The van der Waals surface area contributed by atoms with Crippen molar-refractivity contribution in [3.05, 3.63) is 96.1 Å². The Labute approximate surface area is 157 Å². The molecule has 0 fully saturated rings. The summed E-state index contributed by atoms with van der Waals surface area (Å²) in [6.45, 7) is 0.444. The summed E-state index contributed by atoms with van der Waals surface area (Å²) in [6, 6.07) is 26.3. The van der Waals surface area contributed by atoms with Crippen LogP contribution < -0.4 is 15.4 Å². The number of amides is 1. The molecule has 0 aliphatic heterocycles. The van der Waals surface area contributed by atoms with Crippen LogP contribution in [0.15, 0.2) is 84.9 Å². The van der Waals surface area contributed by atoms with Gasteiger partial charge in [-0.3, -0.25) is 10.1 Å². The Morgan fingerprint density at radius 3 is 2.31 bits per heavy atom. The molecule has 0 radical (unpaired) electrons. The molecular weight excluding hydrogens is 344 g/mol. The highest BCUT2D eigenvalue weighted by atomic mass is 32.1. The van der Waals surface area contributed by atoms with Crippen molar-refractivity contribution in [2.45, 2.75) is 6.61 Å². The van der Waals surface area contributed by atoms with Gasteiger partial charge >= 0.3 is 0 Å². The highest BCUT2D eigenvalue weighted by molar-refractivity contribution is 7.80. The van der Waals surface area contributed by atoms with Crippen molar-refractivity contribution in [2.24, 2.45) is 0 Å². The monoisotopic (exact) mass is 362 g/mol. The zero-order valence-corrected chi connectivity index (χ0v) is 14.8. The molecule has 4 nitrogen and oxygen atoms in total. The molecule has 3 rings (SSSR count). The Morgan fingerprint density at radius 2 is 1.58 bits per heavy atom. The summed E-state index contributed by atoms with van der Waals surface area (Å²) in [4.78, 5) is 12.4. The molecule has 0 saturated carbocycles. The number of rotatable bonds is 5. The van der Waals surface area contributed by atoms with Crippen molar-refractivity contribution in [1.29, 1.82) is 0 Å². The average Bonchev–Trinajstić information content (AvgIpc) is 2.68. The molecular formula is C21H18N2O2S. The fraction of sp³-hybridized carbons (Fsp3) is 0.0476. The van der Waals surface area contributed by atoms with Gasteiger partial charge in [0.15, 0.2) is 5.11 Å². The lowest BCUT2D eigenvalue weighted by Gasteiger charge is -2.11. The van der Waals surface area contributed by atoms with E-state index in [9.17, 15) is 4.79 Å². The van der Waals surface area contributed by atoms with Gasteiger partial charge in [0.25, 0.3) is 5.91 Å². The summed E-state index contributed by atoms with van der Waals surface area (Å²) >= 11 is 5.19. The fourth-order valence-corrected chi connectivity index (χ4v) is 2.54. The van der Waals surface area contributed by atoms with Gasteiger partial charge in [-0.2, -0.15) is 0 Å². The van der Waals surface area contributed by atoms with Crippen molar-refractivity contribution in [2.75, 3.05) is 5.32 Å². The van der Waals surface area contributed by atoms with Crippen LogP contribution in [0.2, 0.25) is 0 Å². The lowest BCUT2D eigenvalue weighted by molar-refractivity contribution is 0.0977. The molecule has 130 valence electrons. The van der Waals surface area contributed by atoms with E-state index < -0.39 is 0 Å². The van der Waals surface area contributed by atoms with Gasteiger partial charge in [0, 0.05) is 11.3 Å². The largest absolute Gasteiger partial charge is 0.489 e. The lowest BCUT2D eigenvalue weighted by atomic mass is 10.2. The van der Waals surface area contributed by atoms with E-state index in [1.54, 1.807) is 18.2 Å². The maximum absolute atomic E-state index is 12.4. The van der Waals surface area contributed by atoms with E-state index >= 15 is 0 Å². The number of anilines is 1. The smallest absolute Gasteiger partial charge is 0.257 e. The van der Waals surface area contributed by atoms with Crippen LogP contribution in [0, 0.1) is 0 Å². The molecule has 2 N–H and O–H groups in total. The van der Waals surface area contributed by atoms with E-state index in [2.05, 4.69) is 10.6 Å². The lowest BCUT2D eigenvalue weighted by Crippen LogP contribution is -2.34. The standard InChI is InChI=1S/C21H18N2O2S/c24-20(23-21(26)22-18-11-5-2-6-12-18)17-10-7-13-19(14-17)25-15-16-8-3-1-4-9-16/h1-14H,15H2,(H2,22,23,24,26). The molecule has 0 bridgehead atoms. The molecule has 0 unspecified atom stereocenters. The minimum absolute atomic E-state index is 0.247. The second-order valence-corrected chi connectivity index (χ2v) is 5.98. The third-order valence-corrected chi connectivity index (χ3v) is 3.81. The van der Waals surface area contributed by atoms with Gasteiger partial charge in [-0.25, -0.2) is 0 Å². The van der Waals surface area contributed by atoms with Crippen molar-refractivity contribution in [1.82, 2.24) is 5.32 Å². The molecule has 26 heavy (non-hydrogen) atoms. The SMILES string of the molecule is O=C(NC(=S)Nc1ccccc1)c1cccc(OCc2ccccc2)c1. The van der Waals surface area contributed by atoms with Gasteiger partial charge < -0.3 is 10.1 Å². The second kappa shape index (κ2) is 8.78. The number of para-hydroxylation sites is 1. The first-order valence-electron chi connectivity index (χ1n) is 8.15. The van der Waals surface area contributed by atoms with Gasteiger partial charge in [0.1, 0.15) is 12.4 Å². The van der Waals surface area contributed by atoms with Crippen molar-refractivity contribution in [3.8, 4) is 5.75 Å². The van der Waals surface area contributed by atoms with E-state index in [-0.39, 0.29) is 11.0 Å². The number of carbonyl (C=O) groups excluding carboxylic acids is 1. The van der Waals surface area contributed by atoms with E-state index in [1.807, 2.05) is 66.7 Å². The molecule has 0 atom stereocenters. The van der Waals surface area contributed by atoms with Crippen LogP contribution in [0.3, 0.4) is 0 Å². The third kappa shape index (κ3) is 5.16. The van der Waals surface area contributed by atoms with Gasteiger partial charge in [0.2, 0.25) is 0 Å². The first-order chi connectivity index (χ1) is 12.7. The number of hydrogen-bond acceptors (Lipinski definition) is 3. The topological polar surface area (TPSA) is 50.4 Å². The predicted octanol–water partition coefficient (Wildman–Crippen LogP) is 4.39. The van der Waals surface area contributed by atoms with E-state index in [1.165, 1.54) is 0 Å². The molecule has 0 aromatic heterocycles. The quantitative estimate of drug-likeness (QED) is 0.661. The average molecular weight is 362 g/mol. The number of thiocarbonyl (C=S) groups is 1. The summed E-state index contributed by atoms with van der Waals surface area (Å²) in [5, 5.41) is 5.89. The molecule has 0 spiro atoms. The van der Waals surface area contributed by atoms with Crippen molar-refractivity contribution in [3.63, 3.8) is 0 Å². The number of nitrogens with one attached hydrogen (secondary N) is 2. The first-order valence-corrected chi connectivity index (χ1v) is 8.56. The van der Waals surface area contributed by atoms with Crippen LogP contribution in [0.4, 0.5) is 5.69 Å². The van der Waals surface area contributed by atoms with Gasteiger partial charge in [0.05, 0.1) is 0 Å². The van der Waals surface area contributed by atoms with E-state index in [0.29, 0.717) is 17.9 Å². The highest BCUT2D eigenvalue weighted by Gasteiger charge is 2.09. The van der Waals surface area contributed by atoms with E-state index in [0.717, 1.165) is 11.3 Å². The van der Waals surface area contributed by atoms with Crippen LogP contribution >= 0.6 is 12.2 Å². The fourth-order valence-electron chi connectivity index (χ4n) is 2.33. The number of hydrogen-bond donors (Lipinski definition) is 2. The van der Waals surface area contributed by atoms with Crippen molar-refractivity contribution < 1.29 is 9.53 Å². The molecule has 0 aliphatic rings. The van der Waals surface area contributed by atoms with Crippen LogP contribution in [-0.2, 0) is 6.61 Å². The minimum Gasteiger partial charge on any atom is -0.489 e. The van der Waals surface area contributed by atoms with Crippen LogP contribution in [0.1, 0.15) is 15.9 Å². The Hall–Kier alpha value is -3.18. The molecule has 1 amide bonds. The number of benzene rings is 3. The Morgan fingerprint density at radius 1 is 0.885 bits per heavy atom. The maximum atomic E-state index is 12.4. The van der Waals surface area contributed by atoms with E-state index in [4.69, 9.17) is 17.0 Å². The maximum Gasteiger partial charge on any atom is 0.257 e. The minimum atomic E-state index is -0.288. The summed E-state index contributed by atoms with van der Waals surface area (Å²) in [5.41, 5.74) is 2.36. The second-order valence-electron chi connectivity index (χ2n) is 5.58. The molecule has 0 heterocycles. The summed E-state index contributed by atoms with van der Waals surface area (Å²) in [5.74, 6) is 0.340. The zero-order chi connectivity index (χ0) is 18.2. The van der Waals surface area contributed by atoms with Crippen LogP contribution in [0.5, 0.6) is 5.75 Å². The van der Waals surface area contributed by atoms with Crippen LogP contribution in [0.25, 0.3) is 0 Å². The summed E-state index contributed by atoms with van der Waals surface area (Å²) in [7, 11) is 0. The molecule has 3 aromatic carbocycles. The Bertz CT molecular complexity index is 883. The van der Waals surface area contributed by atoms with Gasteiger partial charge in [-0.05, 0) is 48.1 Å². The third-order valence-electron chi connectivity index (χ3n) is 3.60. The highest BCUT2D eigenvalue weighted by Crippen LogP contribution is 2.15. The van der Waals surface area contributed by atoms with Crippen molar-refractivity contribution >= 4 is 28.9 Å². The predicted molar refractivity (Wildman–Crippen MR) is 107 cm³/mol. The number of carbonyl (C=O) groups is 1. The van der Waals surface area contributed by atoms with Gasteiger partial charge in [-0.1, -0.05) is 54.6 Å². The summed E-state index contributed by atoms with van der Waals surface area (Å²) < 4.78 is 5.76. The van der Waals surface area contributed by atoms with Crippen LogP contribution in [-0.4, -0.2) is 11.0 Å². The molecule has 0 saturated heterocycles. The summed E-state index contributed by atoms with van der Waals surface area (Å²) in [6.07, 6.45) is 0.